The zero-order chi connectivity index (χ0) is 25.0. The maximum Gasteiger partial charge on any atom is 0.416 e. The average Bonchev–Trinajstić information content (AvgIpc) is 3.30. The second-order valence-electron chi connectivity index (χ2n) is 8.58. The Hall–Kier alpha value is -3.37. The molecule has 1 amide bonds. The molecule has 0 aliphatic carbocycles. The van der Waals surface area contributed by atoms with Gasteiger partial charge in [0, 0.05) is 32.7 Å². The van der Waals surface area contributed by atoms with Crippen LogP contribution < -0.4 is 10.1 Å². The number of carbonyl (C=O) groups is 1. The Balaban J connectivity index is 1.58. The van der Waals surface area contributed by atoms with Gasteiger partial charge < -0.3 is 15.0 Å². The molecule has 186 valence electrons. The van der Waals surface area contributed by atoms with Gasteiger partial charge in [0.2, 0.25) is 0 Å². The largest absolute Gasteiger partial charge is 0.493 e. The van der Waals surface area contributed by atoms with E-state index in [0.717, 1.165) is 43.9 Å². The van der Waals surface area contributed by atoms with Crippen molar-refractivity contribution < 1.29 is 22.7 Å². The molecular weight excluding hydrogens is 459 g/mol. The topological polar surface area (TPSA) is 62.6 Å². The summed E-state index contributed by atoms with van der Waals surface area (Å²) in [6.07, 6.45) is -3.08. The fraction of sp³-hybridized carbons (Fsp3) is 0.360. The Morgan fingerprint density at radius 1 is 1.09 bits per heavy atom. The molecule has 2 heterocycles. The maximum absolute atomic E-state index is 13.3. The minimum absolute atomic E-state index is 0.00391. The normalized spacial score (nSPS) is 16.1. The lowest BCUT2D eigenvalue weighted by molar-refractivity contribution is -0.137. The number of hydrogen-bond acceptors (Lipinski definition) is 5. The number of likely N-dealkylation sites (N-methyl/N-ethyl adjacent to an activating group) is 1. The summed E-state index contributed by atoms with van der Waals surface area (Å²) < 4.78 is 46.0. The quantitative estimate of drug-likeness (QED) is 0.552. The number of halogens is 3. The number of carbonyl (C=O) groups excluding carboxylic acids is 1. The first kappa shape index (κ1) is 24.7. The first-order valence-electron chi connectivity index (χ1n) is 11.3. The number of nitrogens with zero attached hydrogens (tertiary/aromatic N) is 4. The highest BCUT2D eigenvalue weighted by atomic mass is 19.4. The van der Waals surface area contributed by atoms with Crippen LogP contribution >= 0.6 is 0 Å². The highest BCUT2D eigenvalue weighted by Crippen LogP contribution is 2.31. The van der Waals surface area contributed by atoms with Gasteiger partial charge in [0.15, 0.2) is 11.4 Å². The van der Waals surface area contributed by atoms with Crippen molar-refractivity contribution in [1.29, 1.82) is 0 Å². The van der Waals surface area contributed by atoms with Gasteiger partial charge in [0.25, 0.3) is 5.91 Å². The van der Waals surface area contributed by atoms with Gasteiger partial charge in [0.1, 0.15) is 0 Å². The van der Waals surface area contributed by atoms with E-state index >= 15 is 0 Å². The van der Waals surface area contributed by atoms with Crippen molar-refractivity contribution in [3.05, 3.63) is 77.6 Å². The number of methoxy groups -OCH3 is 1. The Morgan fingerprint density at radius 2 is 1.80 bits per heavy atom. The van der Waals surface area contributed by atoms with E-state index in [9.17, 15) is 18.0 Å². The fourth-order valence-corrected chi connectivity index (χ4v) is 4.06. The first-order chi connectivity index (χ1) is 16.7. The molecule has 2 aromatic carbocycles. The molecular formula is C25H28F3N5O2. The molecule has 3 aromatic rings. The third-order valence-corrected chi connectivity index (χ3v) is 6.10. The lowest BCUT2D eigenvalue weighted by Crippen LogP contribution is -2.47. The van der Waals surface area contributed by atoms with Crippen LogP contribution in [0.2, 0.25) is 0 Å². The standard InChI is InChI=1S/C25H28F3N5O2/c1-31-11-13-32(14-12-31)16-21(18-7-4-3-5-8-18)29-24(34)23-22(35-2)17-33(30-23)20-10-6-9-19(15-20)25(26,27)28/h3-10,15,17,21H,11-14,16H2,1-2H3,(H,29,34). The highest BCUT2D eigenvalue weighted by Gasteiger charge is 2.31. The summed E-state index contributed by atoms with van der Waals surface area (Å²) in [5.74, 6) is -0.290. The summed E-state index contributed by atoms with van der Waals surface area (Å²) in [7, 11) is 3.48. The number of hydrogen-bond donors (Lipinski definition) is 1. The molecule has 1 saturated heterocycles. The van der Waals surface area contributed by atoms with Crippen molar-refractivity contribution in [3.63, 3.8) is 0 Å². The van der Waals surface area contributed by atoms with Crippen LogP contribution in [0.4, 0.5) is 13.2 Å². The minimum atomic E-state index is -4.49. The van der Waals surface area contributed by atoms with Crippen molar-refractivity contribution in [2.24, 2.45) is 0 Å². The van der Waals surface area contributed by atoms with Crippen LogP contribution in [0.5, 0.6) is 5.75 Å². The van der Waals surface area contributed by atoms with Crippen LogP contribution in [-0.2, 0) is 6.18 Å². The molecule has 1 unspecified atom stereocenters. The zero-order valence-corrected chi connectivity index (χ0v) is 19.6. The van der Waals surface area contributed by atoms with Crippen molar-refractivity contribution in [2.75, 3.05) is 46.9 Å². The first-order valence-corrected chi connectivity index (χ1v) is 11.3. The van der Waals surface area contributed by atoms with E-state index < -0.39 is 17.6 Å². The molecule has 35 heavy (non-hydrogen) atoms. The maximum atomic E-state index is 13.3. The van der Waals surface area contributed by atoms with Gasteiger partial charge in [-0.2, -0.15) is 18.3 Å². The number of alkyl halides is 3. The molecule has 1 aliphatic rings. The van der Waals surface area contributed by atoms with E-state index in [1.165, 1.54) is 30.1 Å². The Labute approximate surface area is 202 Å². The van der Waals surface area contributed by atoms with Gasteiger partial charge in [-0.3, -0.25) is 9.69 Å². The molecule has 4 rings (SSSR count). The van der Waals surface area contributed by atoms with Crippen molar-refractivity contribution in [1.82, 2.24) is 24.9 Å². The number of aromatic nitrogens is 2. The smallest absolute Gasteiger partial charge is 0.416 e. The summed E-state index contributed by atoms with van der Waals surface area (Å²) >= 11 is 0. The SMILES string of the molecule is COc1cn(-c2cccc(C(F)(F)F)c2)nc1C(=O)NC(CN1CCN(C)CC1)c1ccccc1. The summed E-state index contributed by atoms with van der Waals surface area (Å²) in [4.78, 5) is 17.9. The van der Waals surface area contributed by atoms with E-state index in [1.807, 2.05) is 30.3 Å². The second kappa shape index (κ2) is 10.5. The van der Waals surface area contributed by atoms with E-state index in [4.69, 9.17) is 4.74 Å². The van der Waals surface area contributed by atoms with Gasteiger partial charge in [-0.25, -0.2) is 4.68 Å². The Morgan fingerprint density at radius 3 is 2.46 bits per heavy atom. The van der Waals surface area contributed by atoms with Crippen LogP contribution in [0, 0.1) is 0 Å². The van der Waals surface area contributed by atoms with Crippen LogP contribution in [0.15, 0.2) is 60.8 Å². The third-order valence-electron chi connectivity index (χ3n) is 6.10. The molecule has 1 aromatic heterocycles. The molecule has 0 bridgehead atoms. The van der Waals surface area contributed by atoms with E-state index in [-0.39, 0.29) is 23.2 Å². The summed E-state index contributed by atoms with van der Waals surface area (Å²) in [5, 5.41) is 7.32. The van der Waals surface area contributed by atoms with Crippen LogP contribution in [0.25, 0.3) is 5.69 Å². The monoisotopic (exact) mass is 487 g/mol. The molecule has 10 heteroatoms. The number of rotatable bonds is 7. The lowest BCUT2D eigenvalue weighted by atomic mass is 10.1. The predicted molar refractivity (Wildman–Crippen MR) is 126 cm³/mol. The number of amides is 1. The van der Waals surface area contributed by atoms with E-state index in [1.54, 1.807) is 0 Å². The lowest BCUT2D eigenvalue weighted by Gasteiger charge is -2.35. The summed E-state index contributed by atoms with van der Waals surface area (Å²) in [6, 6.07) is 14.1. The van der Waals surface area contributed by atoms with Crippen molar-refractivity contribution in [3.8, 4) is 11.4 Å². The van der Waals surface area contributed by atoms with E-state index in [0.29, 0.717) is 6.54 Å². The predicted octanol–water partition coefficient (Wildman–Crippen LogP) is 3.62. The van der Waals surface area contributed by atoms with Crippen molar-refractivity contribution in [2.45, 2.75) is 12.2 Å². The van der Waals surface area contributed by atoms with Crippen LogP contribution in [0.1, 0.15) is 27.7 Å². The second-order valence-corrected chi connectivity index (χ2v) is 8.58. The molecule has 1 aliphatic heterocycles. The van der Waals surface area contributed by atoms with E-state index in [2.05, 4.69) is 27.3 Å². The molecule has 7 nitrogen and oxygen atoms in total. The highest BCUT2D eigenvalue weighted by molar-refractivity contribution is 5.95. The number of benzene rings is 2. The Bertz CT molecular complexity index is 1140. The van der Waals surface area contributed by atoms with Gasteiger partial charge in [-0.15, -0.1) is 0 Å². The minimum Gasteiger partial charge on any atom is -0.493 e. The summed E-state index contributed by atoms with van der Waals surface area (Å²) in [5.41, 5.74) is 0.335. The third kappa shape index (κ3) is 6.01. The van der Waals surface area contributed by atoms with Gasteiger partial charge in [0.05, 0.1) is 30.6 Å². The number of piperazine rings is 1. The fourth-order valence-electron chi connectivity index (χ4n) is 4.06. The van der Waals surface area contributed by atoms with Gasteiger partial charge in [-0.1, -0.05) is 36.4 Å². The molecule has 1 fully saturated rings. The molecule has 0 spiro atoms. The summed E-state index contributed by atoms with van der Waals surface area (Å²) in [6.45, 7) is 4.31. The van der Waals surface area contributed by atoms with Gasteiger partial charge in [-0.05, 0) is 30.8 Å². The Kier molecular flexibility index (Phi) is 7.42. The van der Waals surface area contributed by atoms with Crippen LogP contribution in [0.3, 0.4) is 0 Å². The molecule has 0 radical (unpaired) electrons. The van der Waals surface area contributed by atoms with Gasteiger partial charge >= 0.3 is 6.18 Å². The molecule has 1 atom stereocenters. The van der Waals surface area contributed by atoms with Crippen LogP contribution in [-0.4, -0.2) is 72.4 Å². The molecule has 0 saturated carbocycles. The average molecular weight is 488 g/mol. The zero-order valence-electron chi connectivity index (χ0n) is 19.6. The number of ether oxygens (including phenoxy) is 1. The molecule has 1 N–H and O–H groups in total. The van der Waals surface area contributed by atoms with Crippen molar-refractivity contribution >= 4 is 5.91 Å². The number of nitrogens with one attached hydrogen (secondary N) is 1.